The summed E-state index contributed by atoms with van der Waals surface area (Å²) in [5, 5.41) is 0. The van der Waals surface area contributed by atoms with Crippen LogP contribution >= 0.6 is 0 Å². The maximum Gasteiger partial charge on any atom is 0.241 e. The highest BCUT2D eigenvalue weighted by molar-refractivity contribution is 6.30. The van der Waals surface area contributed by atoms with E-state index in [1.165, 1.54) is 5.52 Å². The number of nitrogens with zero attached hydrogens (tertiary/aromatic N) is 2. The van der Waals surface area contributed by atoms with Gasteiger partial charge < -0.3 is 4.57 Å². The molecule has 0 amide bonds. The van der Waals surface area contributed by atoms with Crippen LogP contribution in [-0.2, 0) is 7.05 Å². The Hall–Kier alpha value is -0.778. The van der Waals surface area contributed by atoms with Gasteiger partial charge in [-0.05, 0) is 16.8 Å². The lowest BCUT2D eigenvalue weighted by atomic mass is 10.3. The molecular weight excluding hydrogens is 151 g/mol. The highest BCUT2D eigenvalue weighted by Gasteiger charge is 1.99. The molecule has 0 aliphatic carbocycles. The van der Waals surface area contributed by atoms with Crippen molar-refractivity contribution in [1.29, 1.82) is 0 Å². The third-order valence-electron chi connectivity index (χ3n) is 1.82. The van der Waals surface area contributed by atoms with Gasteiger partial charge in [-0.2, -0.15) is 0 Å². The average Bonchev–Trinajstić information content (AvgIpc) is 2.30. The van der Waals surface area contributed by atoms with E-state index in [2.05, 4.69) is 31.9 Å². The zero-order chi connectivity index (χ0) is 7.84. The summed E-state index contributed by atoms with van der Waals surface area (Å²) in [6.07, 6.45) is 0. The van der Waals surface area contributed by atoms with Gasteiger partial charge in [0.1, 0.15) is 0 Å². The summed E-state index contributed by atoms with van der Waals surface area (Å²) in [4.78, 5) is 4.34. The first-order chi connectivity index (χ1) is 5.29. The van der Waals surface area contributed by atoms with Gasteiger partial charge in [0.2, 0.25) is 16.3 Å². The van der Waals surface area contributed by atoms with Crippen molar-refractivity contribution in [2.45, 2.75) is 0 Å². The lowest BCUT2D eigenvalue weighted by Gasteiger charge is -1.95. The fraction of sp³-hybridized carbons (Fsp3) is 0.125. The Labute approximate surface area is 73.3 Å². The van der Waals surface area contributed by atoms with Gasteiger partial charge in [0, 0.05) is 7.05 Å². The van der Waals surface area contributed by atoms with Gasteiger partial charge >= 0.3 is 0 Å². The van der Waals surface area contributed by atoms with E-state index in [4.69, 9.17) is 0 Å². The summed E-state index contributed by atoms with van der Waals surface area (Å²) < 4.78 is 3.03. The van der Waals surface area contributed by atoms with E-state index >= 15 is 0 Å². The maximum atomic E-state index is 4.34. The predicted octanol–water partition coefficient (Wildman–Crippen LogP) is 0.367. The molecule has 2 rings (SSSR count). The summed E-state index contributed by atoms with van der Waals surface area (Å²) >= 11 is 2.61. The molecule has 0 spiro atoms. The van der Waals surface area contributed by atoms with Gasteiger partial charge in [0.25, 0.3) is 0 Å². The zero-order valence-electron chi connectivity index (χ0n) is 6.28. The number of para-hydroxylation sites is 2. The van der Waals surface area contributed by atoms with Gasteiger partial charge in [0.05, 0.1) is 11.0 Å². The smallest absolute Gasteiger partial charge is 0.241 e. The normalized spacial score (nSPS) is 10.6. The quantitative estimate of drug-likeness (QED) is 0.506. The van der Waals surface area contributed by atoms with Gasteiger partial charge in [-0.25, -0.2) is 0 Å². The minimum absolute atomic E-state index is 0.978. The van der Waals surface area contributed by atoms with E-state index in [0.29, 0.717) is 0 Å². The van der Waals surface area contributed by atoms with E-state index in [1.54, 1.807) is 0 Å². The zero-order valence-corrected chi connectivity index (χ0v) is 7.44. The van der Waals surface area contributed by atoms with E-state index < -0.39 is 0 Å². The molecule has 1 aromatic heterocycles. The van der Waals surface area contributed by atoms with Gasteiger partial charge in [-0.15, -0.1) is 0 Å². The van der Waals surface area contributed by atoms with Crippen molar-refractivity contribution in [2.75, 3.05) is 0 Å². The average molecular weight is 158 g/mol. The van der Waals surface area contributed by atoms with Crippen LogP contribution in [0.15, 0.2) is 24.3 Å². The Kier molecular flexibility index (Phi) is 1.49. The first-order valence-corrected chi connectivity index (χ1v) is 4.04. The summed E-state index contributed by atoms with van der Waals surface area (Å²) in [5.74, 6) is 0. The van der Waals surface area contributed by atoms with Crippen molar-refractivity contribution >= 4 is 32.0 Å². The van der Waals surface area contributed by atoms with Crippen LogP contribution in [0.1, 0.15) is 0 Å². The Balaban J connectivity index is 2.92. The van der Waals surface area contributed by atoms with Crippen molar-refractivity contribution in [3.05, 3.63) is 24.3 Å². The second kappa shape index (κ2) is 2.37. The SMILES string of the molecule is Cn1[c]([Al])nc2ccccc21. The second-order valence-electron chi connectivity index (χ2n) is 2.52. The first-order valence-electron chi connectivity index (χ1n) is 3.46. The molecule has 0 saturated heterocycles. The van der Waals surface area contributed by atoms with Crippen LogP contribution in [0.25, 0.3) is 11.0 Å². The van der Waals surface area contributed by atoms with Gasteiger partial charge in [0.15, 0.2) is 0 Å². The number of rotatable bonds is 0. The topological polar surface area (TPSA) is 17.8 Å². The fourth-order valence-electron chi connectivity index (χ4n) is 1.16. The predicted molar refractivity (Wildman–Crippen MR) is 46.1 cm³/mol. The monoisotopic (exact) mass is 158 g/mol. The number of imidazole rings is 1. The molecule has 1 heterocycles. The highest BCUT2D eigenvalue weighted by atomic mass is 27.0. The molecule has 0 unspecified atom stereocenters. The van der Waals surface area contributed by atoms with E-state index in [-0.39, 0.29) is 0 Å². The molecule has 2 nitrogen and oxygen atoms in total. The highest BCUT2D eigenvalue weighted by Crippen LogP contribution is 2.07. The summed E-state index contributed by atoms with van der Waals surface area (Å²) in [5.41, 5.74) is 2.23. The summed E-state index contributed by atoms with van der Waals surface area (Å²) in [6, 6.07) is 8.10. The molecule has 3 heteroatoms. The third-order valence-corrected chi connectivity index (χ3v) is 2.34. The molecule has 1 aromatic carbocycles. The molecule has 0 aliphatic rings. The Morgan fingerprint density at radius 3 is 2.82 bits per heavy atom. The largest absolute Gasteiger partial charge is 0.349 e. The third kappa shape index (κ3) is 0.974. The molecule has 2 radical (unpaired) electrons. The standard InChI is InChI=1S/C8H7N2.Al/c1-10-6-9-7-4-2-3-5-8(7)10;/h2-5H,1H3;. The van der Waals surface area contributed by atoms with Crippen LogP contribution in [0.2, 0.25) is 0 Å². The van der Waals surface area contributed by atoms with Gasteiger partial charge in [-0.1, -0.05) is 12.1 Å². The molecule has 0 atom stereocenters. The van der Waals surface area contributed by atoms with E-state index in [9.17, 15) is 0 Å². The van der Waals surface area contributed by atoms with Crippen LogP contribution in [-0.4, -0.2) is 25.8 Å². The molecule has 0 N–H and O–H groups in total. The lowest BCUT2D eigenvalue weighted by Crippen LogP contribution is -2.15. The number of hydrogen-bond donors (Lipinski definition) is 0. The Bertz CT molecular complexity index is 392. The van der Waals surface area contributed by atoms with Crippen LogP contribution in [0.3, 0.4) is 0 Å². The number of benzene rings is 1. The molecular formula is C8H7AlN2. The molecule has 52 valence electrons. The van der Waals surface area contributed by atoms with Crippen LogP contribution in [0.5, 0.6) is 0 Å². The fourth-order valence-corrected chi connectivity index (χ4v) is 1.44. The number of fused-ring (bicyclic) bond motifs is 1. The Morgan fingerprint density at radius 2 is 2.09 bits per heavy atom. The summed E-state index contributed by atoms with van der Waals surface area (Å²) in [6.45, 7) is 0. The summed E-state index contributed by atoms with van der Waals surface area (Å²) in [7, 11) is 2.01. The van der Waals surface area contributed by atoms with Crippen LogP contribution in [0.4, 0.5) is 0 Å². The maximum absolute atomic E-state index is 4.34. The number of aryl methyl sites for hydroxylation is 1. The molecule has 2 aromatic rings. The van der Waals surface area contributed by atoms with Crippen molar-refractivity contribution in [1.82, 2.24) is 9.55 Å². The van der Waals surface area contributed by atoms with Crippen molar-refractivity contribution in [3.63, 3.8) is 0 Å². The molecule has 0 aliphatic heterocycles. The van der Waals surface area contributed by atoms with E-state index in [0.717, 1.165) is 10.2 Å². The molecule has 11 heavy (non-hydrogen) atoms. The van der Waals surface area contributed by atoms with Crippen LogP contribution in [0, 0.1) is 0 Å². The minimum Gasteiger partial charge on any atom is -0.349 e. The molecule has 0 bridgehead atoms. The second-order valence-corrected chi connectivity index (χ2v) is 3.03. The van der Waals surface area contributed by atoms with Crippen LogP contribution < -0.4 is 4.69 Å². The number of aromatic nitrogens is 2. The van der Waals surface area contributed by atoms with Crippen molar-refractivity contribution in [2.24, 2.45) is 7.05 Å². The van der Waals surface area contributed by atoms with E-state index in [1.807, 2.05) is 25.2 Å². The lowest BCUT2D eigenvalue weighted by molar-refractivity contribution is 0.989. The minimum atomic E-state index is 0.978. The first kappa shape index (κ1) is 6.90. The number of hydrogen-bond acceptors (Lipinski definition) is 1. The Morgan fingerprint density at radius 1 is 1.36 bits per heavy atom. The molecule has 0 saturated carbocycles. The van der Waals surface area contributed by atoms with Gasteiger partial charge in [-0.3, -0.25) is 4.98 Å². The molecule has 0 fully saturated rings. The van der Waals surface area contributed by atoms with Crippen molar-refractivity contribution in [3.8, 4) is 0 Å². The van der Waals surface area contributed by atoms with Crippen molar-refractivity contribution < 1.29 is 0 Å².